The van der Waals surface area contributed by atoms with Crippen LogP contribution in [0.1, 0.15) is 5.56 Å². The van der Waals surface area contributed by atoms with Crippen LogP contribution < -0.4 is 10.1 Å². The van der Waals surface area contributed by atoms with Crippen LogP contribution in [-0.2, 0) is 6.54 Å². The Morgan fingerprint density at radius 3 is 2.35 bits per heavy atom. The first-order chi connectivity index (χ1) is 11.0. The minimum atomic E-state index is -0.706. The third-order valence-corrected chi connectivity index (χ3v) is 4.31. The zero-order valence-electron chi connectivity index (χ0n) is 12.0. The van der Waals surface area contributed by atoms with E-state index >= 15 is 0 Å². The molecule has 0 saturated carbocycles. The van der Waals surface area contributed by atoms with Gasteiger partial charge in [0.15, 0.2) is 0 Å². The van der Waals surface area contributed by atoms with Gasteiger partial charge in [-0.15, -0.1) is 0 Å². The highest BCUT2D eigenvalue weighted by molar-refractivity contribution is 6.36. The van der Waals surface area contributed by atoms with Gasteiger partial charge in [-0.3, -0.25) is 0 Å². The zero-order chi connectivity index (χ0) is 16.8. The second-order valence-electron chi connectivity index (χ2n) is 4.87. The van der Waals surface area contributed by atoms with E-state index < -0.39 is 6.10 Å². The molecule has 0 bridgehead atoms. The van der Waals surface area contributed by atoms with Gasteiger partial charge in [0.05, 0.1) is 5.02 Å². The highest BCUT2D eigenvalue weighted by Gasteiger charge is 2.09. The first-order valence-corrected chi connectivity index (χ1v) is 8.38. The van der Waals surface area contributed by atoms with Gasteiger partial charge in [0.25, 0.3) is 0 Å². The lowest BCUT2D eigenvalue weighted by atomic mass is 10.2. The third kappa shape index (κ3) is 5.71. The molecule has 0 saturated heterocycles. The maximum Gasteiger partial charge on any atom is 0.138 e. The van der Waals surface area contributed by atoms with Crippen molar-refractivity contribution >= 4 is 46.4 Å². The zero-order valence-corrected chi connectivity index (χ0v) is 15.1. The number of nitrogens with one attached hydrogen (secondary N) is 1. The Morgan fingerprint density at radius 1 is 1.00 bits per heavy atom. The lowest BCUT2D eigenvalue weighted by Gasteiger charge is -2.15. The van der Waals surface area contributed by atoms with E-state index in [4.69, 9.17) is 51.1 Å². The number of hydrogen-bond acceptors (Lipinski definition) is 3. The number of halogens is 4. The summed E-state index contributed by atoms with van der Waals surface area (Å²) >= 11 is 24.0. The first-order valence-electron chi connectivity index (χ1n) is 6.87. The van der Waals surface area contributed by atoms with Crippen LogP contribution in [0.4, 0.5) is 0 Å². The van der Waals surface area contributed by atoms with Crippen molar-refractivity contribution in [2.24, 2.45) is 0 Å². The Balaban J connectivity index is 1.78. The summed E-state index contributed by atoms with van der Waals surface area (Å²) in [4.78, 5) is 0. The summed E-state index contributed by atoms with van der Waals surface area (Å²) in [7, 11) is 0. The largest absolute Gasteiger partial charge is 0.489 e. The second kappa shape index (κ2) is 8.97. The standard InChI is InChI=1S/C16H15Cl4NO2/c17-10-4-5-16(15(20)6-10)23-9-11(22)7-21-8-12-13(18)2-1-3-14(12)19/h1-6,11,21-22H,7-9H2. The summed E-state index contributed by atoms with van der Waals surface area (Å²) in [6.07, 6.45) is -0.706. The highest BCUT2D eigenvalue weighted by Crippen LogP contribution is 2.27. The number of aliphatic hydroxyl groups excluding tert-OH is 1. The van der Waals surface area contributed by atoms with Crippen molar-refractivity contribution in [1.29, 1.82) is 0 Å². The summed E-state index contributed by atoms with van der Waals surface area (Å²) in [6.45, 7) is 0.884. The van der Waals surface area contributed by atoms with Crippen LogP contribution in [0.5, 0.6) is 5.75 Å². The molecule has 0 aliphatic rings. The van der Waals surface area contributed by atoms with Crippen molar-refractivity contribution in [3.63, 3.8) is 0 Å². The molecule has 3 nitrogen and oxygen atoms in total. The van der Waals surface area contributed by atoms with Gasteiger partial charge in [-0.2, -0.15) is 0 Å². The van der Waals surface area contributed by atoms with E-state index in [1.54, 1.807) is 36.4 Å². The third-order valence-electron chi connectivity index (χ3n) is 3.07. The van der Waals surface area contributed by atoms with Crippen molar-refractivity contribution in [2.75, 3.05) is 13.2 Å². The SMILES string of the molecule is OC(CNCc1c(Cl)cccc1Cl)COc1ccc(Cl)cc1Cl. The van der Waals surface area contributed by atoms with Crippen molar-refractivity contribution in [3.05, 3.63) is 62.1 Å². The fourth-order valence-corrected chi connectivity index (χ4v) is 2.90. The molecule has 0 fully saturated rings. The molecule has 23 heavy (non-hydrogen) atoms. The molecule has 2 rings (SSSR count). The number of benzene rings is 2. The second-order valence-corrected chi connectivity index (χ2v) is 6.53. The van der Waals surface area contributed by atoms with Crippen LogP contribution in [0, 0.1) is 0 Å². The Labute approximate surface area is 155 Å². The molecular formula is C16H15Cl4NO2. The Morgan fingerprint density at radius 2 is 1.70 bits per heavy atom. The topological polar surface area (TPSA) is 41.5 Å². The van der Waals surface area contributed by atoms with Crippen molar-refractivity contribution in [1.82, 2.24) is 5.32 Å². The molecule has 1 atom stereocenters. The van der Waals surface area contributed by atoms with Crippen LogP contribution in [0.3, 0.4) is 0 Å². The van der Waals surface area contributed by atoms with Gasteiger partial charge in [-0.1, -0.05) is 52.5 Å². The molecule has 0 radical (unpaired) electrons. The van der Waals surface area contributed by atoms with Gasteiger partial charge in [-0.05, 0) is 30.3 Å². The summed E-state index contributed by atoms with van der Waals surface area (Å²) in [5, 5.41) is 15.1. The van der Waals surface area contributed by atoms with Crippen molar-refractivity contribution in [2.45, 2.75) is 12.6 Å². The van der Waals surface area contributed by atoms with E-state index in [2.05, 4.69) is 5.32 Å². The fraction of sp³-hybridized carbons (Fsp3) is 0.250. The minimum Gasteiger partial charge on any atom is -0.489 e. The molecule has 0 aliphatic carbocycles. The predicted molar refractivity (Wildman–Crippen MR) is 96.1 cm³/mol. The Hall–Kier alpha value is -0.680. The number of hydrogen-bond donors (Lipinski definition) is 2. The van der Waals surface area contributed by atoms with Gasteiger partial charge < -0.3 is 15.2 Å². The Kier molecular flexibility index (Phi) is 7.28. The van der Waals surface area contributed by atoms with Crippen LogP contribution >= 0.6 is 46.4 Å². The fourth-order valence-electron chi connectivity index (χ4n) is 1.90. The molecule has 2 aromatic rings. The summed E-state index contributed by atoms with van der Waals surface area (Å²) < 4.78 is 5.47. The molecule has 0 spiro atoms. The molecule has 0 heterocycles. The average molecular weight is 395 g/mol. The lowest BCUT2D eigenvalue weighted by Crippen LogP contribution is -2.31. The molecular weight excluding hydrogens is 380 g/mol. The van der Waals surface area contributed by atoms with Crippen LogP contribution in [0.15, 0.2) is 36.4 Å². The smallest absolute Gasteiger partial charge is 0.138 e. The van der Waals surface area contributed by atoms with E-state index in [1.165, 1.54) is 0 Å². The molecule has 0 aromatic heterocycles. The summed E-state index contributed by atoms with van der Waals surface area (Å²) in [5.41, 5.74) is 0.796. The van der Waals surface area contributed by atoms with E-state index in [0.29, 0.717) is 38.9 Å². The molecule has 0 aliphatic heterocycles. The highest BCUT2D eigenvalue weighted by atomic mass is 35.5. The van der Waals surface area contributed by atoms with Crippen LogP contribution in [-0.4, -0.2) is 24.4 Å². The van der Waals surface area contributed by atoms with E-state index in [0.717, 1.165) is 5.56 Å². The maximum atomic E-state index is 9.95. The Bertz CT molecular complexity index is 646. The predicted octanol–water partition coefficient (Wildman–Crippen LogP) is 4.83. The molecule has 2 N–H and O–H groups in total. The molecule has 7 heteroatoms. The molecule has 2 aromatic carbocycles. The summed E-state index contributed by atoms with van der Waals surface area (Å²) in [6, 6.07) is 10.2. The van der Waals surface area contributed by atoms with Crippen LogP contribution in [0.25, 0.3) is 0 Å². The molecule has 0 amide bonds. The lowest BCUT2D eigenvalue weighted by molar-refractivity contribution is 0.106. The number of aliphatic hydroxyl groups is 1. The maximum absolute atomic E-state index is 9.95. The van der Waals surface area contributed by atoms with E-state index in [-0.39, 0.29) is 6.61 Å². The number of ether oxygens (including phenoxy) is 1. The average Bonchev–Trinajstić information content (AvgIpc) is 2.49. The van der Waals surface area contributed by atoms with E-state index in [1.807, 2.05) is 0 Å². The quantitative estimate of drug-likeness (QED) is 0.706. The van der Waals surface area contributed by atoms with E-state index in [9.17, 15) is 5.11 Å². The molecule has 1 unspecified atom stereocenters. The van der Waals surface area contributed by atoms with Crippen molar-refractivity contribution < 1.29 is 9.84 Å². The normalized spacial score (nSPS) is 12.2. The number of rotatable bonds is 7. The van der Waals surface area contributed by atoms with Gasteiger partial charge in [0.1, 0.15) is 18.5 Å². The van der Waals surface area contributed by atoms with Gasteiger partial charge in [-0.25, -0.2) is 0 Å². The van der Waals surface area contributed by atoms with Crippen molar-refractivity contribution in [3.8, 4) is 5.75 Å². The first kappa shape index (κ1) is 18.7. The van der Waals surface area contributed by atoms with Gasteiger partial charge in [0, 0.05) is 33.7 Å². The molecule has 124 valence electrons. The monoisotopic (exact) mass is 393 g/mol. The minimum absolute atomic E-state index is 0.102. The van der Waals surface area contributed by atoms with Gasteiger partial charge in [0.2, 0.25) is 0 Å². The van der Waals surface area contributed by atoms with Crippen LogP contribution in [0.2, 0.25) is 20.1 Å². The van der Waals surface area contributed by atoms with Gasteiger partial charge >= 0.3 is 0 Å². The summed E-state index contributed by atoms with van der Waals surface area (Å²) in [5.74, 6) is 0.476.